The highest BCUT2D eigenvalue weighted by atomic mass is 32.1. The quantitative estimate of drug-likeness (QED) is 0.725. The number of nitrogens with one attached hydrogen (secondary N) is 1. The van der Waals surface area contributed by atoms with Crippen molar-refractivity contribution in [3.05, 3.63) is 43.3 Å². The second-order valence-corrected chi connectivity index (χ2v) is 7.25. The van der Waals surface area contributed by atoms with E-state index in [1.807, 2.05) is 26.2 Å². The summed E-state index contributed by atoms with van der Waals surface area (Å²) in [7, 11) is 0. The molecule has 0 fully saturated rings. The van der Waals surface area contributed by atoms with Crippen LogP contribution in [0.25, 0.3) is 11.4 Å². The van der Waals surface area contributed by atoms with E-state index >= 15 is 0 Å². The standard InChI is InChI=1S/C16H17N3OS2/c1-8-6-21-13(17-8)5-14-19-12(7-22-14)16-9(2)15(11(4)20)10(3)18-16/h6-7,18H,5H2,1-4H3. The van der Waals surface area contributed by atoms with Crippen molar-refractivity contribution in [1.29, 1.82) is 0 Å². The summed E-state index contributed by atoms with van der Waals surface area (Å²) in [6.07, 6.45) is 0.765. The van der Waals surface area contributed by atoms with Gasteiger partial charge in [-0.2, -0.15) is 0 Å². The third kappa shape index (κ3) is 2.76. The number of carbonyl (C=O) groups is 1. The topological polar surface area (TPSA) is 58.6 Å². The maximum Gasteiger partial charge on any atom is 0.161 e. The fraction of sp³-hybridized carbons (Fsp3) is 0.312. The van der Waals surface area contributed by atoms with Crippen LogP contribution < -0.4 is 0 Å². The average Bonchev–Trinajstić information content (AvgIpc) is 3.11. The van der Waals surface area contributed by atoms with Crippen molar-refractivity contribution in [3.8, 4) is 11.4 Å². The predicted molar refractivity (Wildman–Crippen MR) is 91.0 cm³/mol. The van der Waals surface area contributed by atoms with E-state index in [-0.39, 0.29) is 5.78 Å². The number of rotatable bonds is 4. The lowest BCUT2D eigenvalue weighted by molar-refractivity contribution is 0.101. The van der Waals surface area contributed by atoms with Crippen LogP contribution in [0.2, 0.25) is 0 Å². The van der Waals surface area contributed by atoms with Gasteiger partial charge in [-0.3, -0.25) is 4.79 Å². The summed E-state index contributed by atoms with van der Waals surface area (Å²) < 4.78 is 0. The van der Waals surface area contributed by atoms with E-state index in [1.54, 1.807) is 29.6 Å². The monoisotopic (exact) mass is 331 g/mol. The van der Waals surface area contributed by atoms with Crippen molar-refractivity contribution in [2.75, 3.05) is 0 Å². The number of ketones is 1. The maximum absolute atomic E-state index is 11.7. The minimum absolute atomic E-state index is 0.0891. The van der Waals surface area contributed by atoms with Gasteiger partial charge in [0.2, 0.25) is 0 Å². The molecule has 0 saturated carbocycles. The molecule has 0 bridgehead atoms. The van der Waals surface area contributed by atoms with Crippen LogP contribution in [0.5, 0.6) is 0 Å². The van der Waals surface area contributed by atoms with Crippen molar-refractivity contribution in [1.82, 2.24) is 15.0 Å². The number of aryl methyl sites for hydroxylation is 2. The van der Waals surface area contributed by atoms with Crippen LogP contribution in [0.1, 0.15) is 44.2 Å². The first-order valence-electron chi connectivity index (χ1n) is 7.01. The summed E-state index contributed by atoms with van der Waals surface area (Å²) in [5.74, 6) is 0.0891. The van der Waals surface area contributed by atoms with Crippen molar-refractivity contribution in [3.63, 3.8) is 0 Å². The lowest BCUT2D eigenvalue weighted by Gasteiger charge is -1.97. The van der Waals surface area contributed by atoms with Crippen molar-refractivity contribution < 1.29 is 4.79 Å². The molecule has 3 heterocycles. The second-order valence-electron chi connectivity index (χ2n) is 5.37. The summed E-state index contributed by atoms with van der Waals surface area (Å²) in [6, 6.07) is 0. The van der Waals surface area contributed by atoms with Crippen LogP contribution in [-0.4, -0.2) is 20.7 Å². The van der Waals surface area contributed by atoms with E-state index in [9.17, 15) is 4.79 Å². The highest BCUT2D eigenvalue weighted by Gasteiger charge is 2.18. The fourth-order valence-corrected chi connectivity index (χ4v) is 4.31. The Morgan fingerprint density at radius 2 is 1.82 bits per heavy atom. The van der Waals surface area contributed by atoms with Gasteiger partial charge in [0, 0.05) is 27.7 Å². The summed E-state index contributed by atoms with van der Waals surface area (Å²) in [4.78, 5) is 24.2. The first-order chi connectivity index (χ1) is 10.5. The Labute approximate surface area is 137 Å². The second kappa shape index (κ2) is 5.78. The van der Waals surface area contributed by atoms with Gasteiger partial charge in [-0.1, -0.05) is 0 Å². The molecular formula is C16H17N3OS2. The zero-order valence-corrected chi connectivity index (χ0v) is 14.6. The van der Waals surface area contributed by atoms with E-state index in [0.29, 0.717) is 0 Å². The third-order valence-corrected chi connectivity index (χ3v) is 5.38. The number of aromatic amines is 1. The first kappa shape index (κ1) is 15.1. The average molecular weight is 331 g/mol. The molecule has 1 N–H and O–H groups in total. The molecule has 0 saturated heterocycles. The fourth-order valence-electron chi connectivity index (χ4n) is 2.65. The lowest BCUT2D eigenvalue weighted by atomic mass is 10.1. The SMILES string of the molecule is CC(=O)c1c(C)[nH]c(-c2csc(Cc3nc(C)cs3)n2)c1C. The molecule has 0 aliphatic carbocycles. The largest absolute Gasteiger partial charge is 0.356 e. The molecule has 0 atom stereocenters. The van der Waals surface area contributed by atoms with Gasteiger partial charge in [-0.15, -0.1) is 22.7 Å². The smallest absolute Gasteiger partial charge is 0.161 e. The summed E-state index contributed by atoms with van der Waals surface area (Å²) in [5, 5.41) is 6.22. The Bertz CT molecular complexity index is 842. The Hall–Kier alpha value is -1.79. The molecule has 3 rings (SSSR count). The van der Waals surface area contributed by atoms with Crippen LogP contribution in [0.15, 0.2) is 10.8 Å². The van der Waals surface area contributed by atoms with Gasteiger partial charge in [0.15, 0.2) is 5.78 Å². The Morgan fingerprint density at radius 1 is 1.14 bits per heavy atom. The van der Waals surface area contributed by atoms with Crippen molar-refractivity contribution in [2.45, 2.75) is 34.1 Å². The van der Waals surface area contributed by atoms with E-state index in [0.717, 1.165) is 50.3 Å². The number of hydrogen-bond acceptors (Lipinski definition) is 5. The molecule has 6 heteroatoms. The number of carbonyl (C=O) groups excluding carboxylic acids is 1. The zero-order chi connectivity index (χ0) is 15.9. The first-order valence-corrected chi connectivity index (χ1v) is 8.77. The highest BCUT2D eigenvalue weighted by molar-refractivity contribution is 7.11. The molecule has 4 nitrogen and oxygen atoms in total. The van der Waals surface area contributed by atoms with E-state index in [2.05, 4.69) is 15.3 Å². The van der Waals surface area contributed by atoms with E-state index in [1.165, 1.54) is 0 Å². The summed E-state index contributed by atoms with van der Waals surface area (Å²) in [6.45, 7) is 7.50. The van der Waals surface area contributed by atoms with E-state index < -0.39 is 0 Å². The molecule has 0 aromatic carbocycles. The molecule has 0 amide bonds. The van der Waals surface area contributed by atoms with Gasteiger partial charge >= 0.3 is 0 Å². The summed E-state index contributed by atoms with van der Waals surface area (Å²) in [5.41, 5.74) is 5.57. The Kier molecular flexibility index (Phi) is 3.97. The van der Waals surface area contributed by atoms with E-state index in [4.69, 9.17) is 4.98 Å². The minimum atomic E-state index is 0.0891. The van der Waals surface area contributed by atoms with Crippen molar-refractivity contribution in [2.24, 2.45) is 0 Å². The molecule has 22 heavy (non-hydrogen) atoms. The molecule has 0 aliphatic heterocycles. The number of nitrogens with zero attached hydrogens (tertiary/aromatic N) is 2. The molecule has 114 valence electrons. The molecule has 0 aliphatic rings. The van der Waals surface area contributed by atoms with Crippen molar-refractivity contribution >= 4 is 28.5 Å². The molecule has 3 aromatic rings. The van der Waals surface area contributed by atoms with Gasteiger partial charge in [0.05, 0.1) is 22.8 Å². The number of hydrogen-bond donors (Lipinski definition) is 1. The molecule has 0 unspecified atom stereocenters. The Balaban J connectivity index is 1.91. The molecule has 0 spiro atoms. The normalized spacial score (nSPS) is 11.1. The van der Waals surface area contributed by atoms with Gasteiger partial charge < -0.3 is 4.98 Å². The lowest BCUT2D eigenvalue weighted by Crippen LogP contribution is -1.94. The minimum Gasteiger partial charge on any atom is -0.356 e. The predicted octanol–water partition coefficient (Wildman–Crippen LogP) is 4.31. The number of aromatic nitrogens is 3. The maximum atomic E-state index is 11.7. The van der Waals surface area contributed by atoms with Gasteiger partial charge in [-0.05, 0) is 33.3 Å². The van der Waals surface area contributed by atoms with Gasteiger partial charge in [-0.25, -0.2) is 9.97 Å². The van der Waals surface area contributed by atoms with Crippen LogP contribution in [0, 0.1) is 20.8 Å². The number of thiazole rings is 2. The number of H-pyrrole nitrogens is 1. The van der Waals surface area contributed by atoms with Crippen LogP contribution in [0.4, 0.5) is 0 Å². The summed E-state index contributed by atoms with van der Waals surface area (Å²) >= 11 is 3.30. The zero-order valence-electron chi connectivity index (χ0n) is 13.0. The molecular weight excluding hydrogens is 314 g/mol. The van der Waals surface area contributed by atoms with Crippen LogP contribution in [-0.2, 0) is 6.42 Å². The van der Waals surface area contributed by atoms with Gasteiger partial charge in [0.25, 0.3) is 0 Å². The number of Topliss-reactive ketones (excluding diaryl/α,β-unsaturated/α-hetero) is 1. The Morgan fingerprint density at radius 3 is 2.41 bits per heavy atom. The van der Waals surface area contributed by atoms with Gasteiger partial charge in [0.1, 0.15) is 5.01 Å². The highest BCUT2D eigenvalue weighted by Crippen LogP contribution is 2.29. The molecule has 0 radical (unpaired) electrons. The van der Waals surface area contributed by atoms with Crippen LogP contribution in [0.3, 0.4) is 0 Å². The third-order valence-electron chi connectivity index (χ3n) is 3.57. The van der Waals surface area contributed by atoms with Crippen LogP contribution >= 0.6 is 22.7 Å². The molecule has 3 aromatic heterocycles.